The van der Waals surface area contributed by atoms with Crippen LogP contribution in [0.15, 0.2) is 4.90 Å². The highest BCUT2D eigenvalue weighted by Gasteiger charge is 2.23. The largest absolute Gasteiger partial charge is 0.314 e. The van der Waals surface area contributed by atoms with Crippen molar-refractivity contribution in [2.45, 2.75) is 38.6 Å². The van der Waals surface area contributed by atoms with E-state index in [2.05, 4.69) is 20.2 Å². The van der Waals surface area contributed by atoms with Crippen molar-refractivity contribution in [3.05, 3.63) is 11.4 Å². The minimum atomic E-state index is -3.49. The molecule has 1 unspecified atom stereocenters. The fourth-order valence-corrected chi connectivity index (χ4v) is 3.11. The van der Waals surface area contributed by atoms with Crippen molar-refractivity contribution in [1.29, 1.82) is 0 Å². The zero-order chi connectivity index (χ0) is 13.8. The van der Waals surface area contributed by atoms with Crippen molar-refractivity contribution in [3.63, 3.8) is 0 Å². The van der Waals surface area contributed by atoms with E-state index < -0.39 is 10.0 Å². The molecule has 1 rings (SSSR count). The van der Waals surface area contributed by atoms with Crippen LogP contribution in [0.2, 0.25) is 0 Å². The molecule has 104 valence electrons. The Morgan fingerprint density at radius 3 is 2.67 bits per heavy atom. The van der Waals surface area contributed by atoms with Gasteiger partial charge >= 0.3 is 0 Å². The molecule has 1 atom stereocenters. The highest BCUT2D eigenvalue weighted by atomic mass is 32.2. The second kappa shape index (κ2) is 6.31. The van der Waals surface area contributed by atoms with Crippen molar-refractivity contribution in [2.24, 2.45) is 5.92 Å². The van der Waals surface area contributed by atoms with Gasteiger partial charge in [0.15, 0.2) is 0 Å². The first-order valence-corrected chi connectivity index (χ1v) is 7.58. The summed E-state index contributed by atoms with van der Waals surface area (Å²) in [5, 5.41) is 9.64. The predicted molar refractivity (Wildman–Crippen MR) is 70.7 cm³/mol. The normalized spacial score (nSPS) is 13.8. The molecule has 6 nitrogen and oxygen atoms in total. The van der Waals surface area contributed by atoms with Crippen LogP contribution in [0.5, 0.6) is 0 Å². The number of aromatic nitrogens is 2. The van der Waals surface area contributed by atoms with Gasteiger partial charge in [-0.25, -0.2) is 13.1 Å². The second-order valence-electron chi connectivity index (χ2n) is 4.52. The Morgan fingerprint density at radius 1 is 1.44 bits per heavy atom. The molecule has 0 aliphatic carbocycles. The summed E-state index contributed by atoms with van der Waals surface area (Å²) >= 11 is 0. The van der Waals surface area contributed by atoms with E-state index >= 15 is 0 Å². The molecule has 0 aliphatic rings. The molecule has 1 aromatic heterocycles. The third-order valence-electron chi connectivity index (χ3n) is 2.89. The van der Waals surface area contributed by atoms with E-state index in [-0.39, 0.29) is 4.90 Å². The number of nitrogens with one attached hydrogen (secondary N) is 3. The van der Waals surface area contributed by atoms with E-state index in [0.717, 1.165) is 6.42 Å². The number of H-pyrrole nitrogens is 1. The summed E-state index contributed by atoms with van der Waals surface area (Å²) in [7, 11) is -1.73. The fourth-order valence-electron chi connectivity index (χ4n) is 1.58. The van der Waals surface area contributed by atoms with Gasteiger partial charge in [0, 0.05) is 13.1 Å². The van der Waals surface area contributed by atoms with Gasteiger partial charge in [-0.3, -0.25) is 5.10 Å². The topological polar surface area (TPSA) is 86.9 Å². The van der Waals surface area contributed by atoms with Gasteiger partial charge < -0.3 is 5.32 Å². The highest BCUT2D eigenvalue weighted by Crippen LogP contribution is 2.17. The second-order valence-corrected chi connectivity index (χ2v) is 6.22. The van der Waals surface area contributed by atoms with Gasteiger partial charge in [-0.15, -0.1) is 0 Å². The third kappa shape index (κ3) is 3.54. The average Bonchev–Trinajstić information content (AvgIpc) is 2.69. The molecule has 1 heterocycles. The first-order chi connectivity index (χ1) is 8.42. The lowest BCUT2D eigenvalue weighted by atomic mass is 10.1. The minimum absolute atomic E-state index is 0.264. The van der Waals surface area contributed by atoms with Crippen LogP contribution in [-0.2, 0) is 16.6 Å². The lowest BCUT2D eigenvalue weighted by molar-refractivity contribution is 0.527. The molecule has 0 saturated heterocycles. The molecular formula is C11H22N4O2S. The van der Waals surface area contributed by atoms with Crippen LogP contribution in [0.4, 0.5) is 0 Å². The fraction of sp³-hybridized carbons (Fsp3) is 0.727. The molecule has 0 spiro atoms. The highest BCUT2D eigenvalue weighted by molar-refractivity contribution is 7.89. The third-order valence-corrected chi connectivity index (χ3v) is 4.52. The summed E-state index contributed by atoms with van der Waals surface area (Å²) in [6.07, 6.45) is 0.941. The summed E-state index contributed by atoms with van der Waals surface area (Å²) in [4.78, 5) is 0.264. The predicted octanol–water partition coefficient (Wildman–Crippen LogP) is 0.762. The molecule has 0 fully saturated rings. The molecule has 3 N–H and O–H groups in total. The van der Waals surface area contributed by atoms with Crippen LogP contribution < -0.4 is 10.0 Å². The summed E-state index contributed by atoms with van der Waals surface area (Å²) in [6.45, 7) is 6.63. The lowest BCUT2D eigenvalue weighted by Gasteiger charge is -2.11. The van der Waals surface area contributed by atoms with Gasteiger partial charge in [0.1, 0.15) is 4.90 Å². The van der Waals surface area contributed by atoms with Gasteiger partial charge in [0.05, 0.1) is 11.4 Å². The van der Waals surface area contributed by atoms with Crippen molar-refractivity contribution in [1.82, 2.24) is 20.2 Å². The molecule has 7 heteroatoms. The molecule has 1 aromatic rings. The SMILES string of the molecule is CCC(C)CNS(=O)(=O)c1c(CNC)n[nH]c1C. The van der Waals surface area contributed by atoms with Crippen LogP contribution in [0.25, 0.3) is 0 Å². The standard InChI is InChI=1S/C11H22N4O2S/c1-5-8(2)6-13-18(16,17)11-9(3)14-15-10(11)7-12-4/h8,12-13H,5-7H2,1-4H3,(H,14,15). The molecule has 0 saturated carbocycles. The molecule has 0 radical (unpaired) electrons. The lowest BCUT2D eigenvalue weighted by Crippen LogP contribution is -2.29. The van der Waals surface area contributed by atoms with Crippen LogP contribution in [0, 0.1) is 12.8 Å². The number of nitrogens with zero attached hydrogens (tertiary/aromatic N) is 1. The zero-order valence-corrected chi connectivity index (χ0v) is 12.2. The Kier molecular flexibility index (Phi) is 5.30. The molecule has 0 aromatic carbocycles. The van der Waals surface area contributed by atoms with Crippen LogP contribution >= 0.6 is 0 Å². The maximum absolute atomic E-state index is 12.2. The summed E-state index contributed by atoms with van der Waals surface area (Å²) in [6, 6.07) is 0. The van der Waals surface area contributed by atoms with Gasteiger partial charge in [0.25, 0.3) is 0 Å². The minimum Gasteiger partial charge on any atom is -0.314 e. The van der Waals surface area contributed by atoms with Crippen molar-refractivity contribution < 1.29 is 8.42 Å². The molecular weight excluding hydrogens is 252 g/mol. The summed E-state index contributed by atoms with van der Waals surface area (Å²) < 4.78 is 27.1. The average molecular weight is 274 g/mol. The number of hydrogen-bond acceptors (Lipinski definition) is 4. The number of hydrogen-bond donors (Lipinski definition) is 3. The quantitative estimate of drug-likeness (QED) is 0.685. The Labute approximate surface area is 109 Å². The monoisotopic (exact) mass is 274 g/mol. The van der Waals surface area contributed by atoms with E-state index in [1.807, 2.05) is 13.8 Å². The van der Waals surface area contributed by atoms with Crippen LogP contribution in [0.3, 0.4) is 0 Å². The van der Waals surface area contributed by atoms with Gasteiger partial charge in [-0.05, 0) is 19.9 Å². The Hall–Kier alpha value is -0.920. The van der Waals surface area contributed by atoms with Crippen molar-refractivity contribution in [2.75, 3.05) is 13.6 Å². The maximum atomic E-state index is 12.2. The molecule has 0 bridgehead atoms. The first-order valence-electron chi connectivity index (χ1n) is 6.10. The number of sulfonamides is 1. The van der Waals surface area contributed by atoms with E-state index in [4.69, 9.17) is 0 Å². The van der Waals surface area contributed by atoms with Crippen LogP contribution in [0.1, 0.15) is 31.7 Å². The number of rotatable bonds is 7. The maximum Gasteiger partial charge on any atom is 0.244 e. The molecule has 0 aliphatic heterocycles. The van der Waals surface area contributed by atoms with E-state index in [1.54, 1.807) is 14.0 Å². The van der Waals surface area contributed by atoms with Crippen LogP contribution in [-0.4, -0.2) is 32.2 Å². The van der Waals surface area contributed by atoms with E-state index in [0.29, 0.717) is 30.4 Å². The summed E-state index contributed by atoms with van der Waals surface area (Å²) in [5.41, 5.74) is 1.09. The number of aryl methyl sites for hydroxylation is 1. The van der Waals surface area contributed by atoms with Gasteiger partial charge in [-0.1, -0.05) is 20.3 Å². The van der Waals surface area contributed by atoms with Gasteiger partial charge in [-0.2, -0.15) is 5.10 Å². The van der Waals surface area contributed by atoms with Crippen molar-refractivity contribution >= 4 is 10.0 Å². The Balaban J connectivity index is 2.93. The van der Waals surface area contributed by atoms with Gasteiger partial charge in [0.2, 0.25) is 10.0 Å². The van der Waals surface area contributed by atoms with E-state index in [9.17, 15) is 8.42 Å². The number of aromatic amines is 1. The first kappa shape index (κ1) is 15.1. The Morgan fingerprint density at radius 2 is 2.11 bits per heavy atom. The Bertz CT molecular complexity index is 481. The molecule has 0 amide bonds. The smallest absolute Gasteiger partial charge is 0.244 e. The van der Waals surface area contributed by atoms with E-state index in [1.165, 1.54) is 0 Å². The zero-order valence-electron chi connectivity index (χ0n) is 11.4. The van der Waals surface area contributed by atoms with Crippen molar-refractivity contribution in [3.8, 4) is 0 Å². The summed E-state index contributed by atoms with van der Waals surface area (Å²) in [5.74, 6) is 0.319. The molecule has 18 heavy (non-hydrogen) atoms.